The second-order valence-electron chi connectivity index (χ2n) is 6.02. The number of hydrogen-bond acceptors (Lipinski definition) is 6. The number of amides is 1. The summed E-state index contributed by atoms with van der Waals surface area (Å²) in [5, 5.41) is 7.07. The van der Waals surface area contributed by atoms with Gasteiger partial charge in [-0.2, -0.15) is 5.10 Å². The van der Waals surface area contributed by atoms with Crippen LogP contribution in [0.5, 0.6) is 0 Å². The van der Waals surface area contributed by atoms with Crippen molar-refractivity contribution in [2.24, 2.45) is 5.92 Å². The molecule has 1 aliphatic heterocycles. The van der Waals surface area contributed by atoms with Crippen LogP contribution in [0.4, 0.5) is 5.82 Å². The summed E-state index contributed by atoms with van der Waals surface area (Å²) in [4.78, 5) is 26.7. The van der Waals surface area contributed by atoms with Crippen molar-refractivity contribution in [2.45, 2.75) is 6.54 Å². The third-order valence-electron chi connectivity index (χ3n) is 4.25. The summed E-state index contributed by atoms with van der Waals surface area (Å²) in [6, 6.07) is 9.97. The molecular formula is C17H16IN7O. The lowest BCUT2D eigenvalue weighted by Crippen LogP contribution is -2.54. The molecule has 1 N–H and O–H groups in total. The van der Waals surface area contributed by atoms with Crippen LogP contribution in [0.1, 0.15) is 5.56 Å². The summed E-state index contributed by atoms with van der Waals surface area (Å²) in [6.07, 6.45) is 4.54. The number of carbonyl (C=O) groups is 1. The van der Waals surface area contributed by atoms with Crippen LogP contribution in [0, 0.1) is 9.49 Å². The molecule has 0 bridgehead atoms. The third kappa shape index (κ3) is 3.66. The van der Waals surface area contributed by atoms with Crippen LogP contribution in [-0.2, 0) is 11.3 Å². The highest BCUT2D eigenvalue weighted by Crippen LogP contribution is 2.23. The van der Waals surface area contributed by atoms with E-state index in [1.54, 1.807) is 11.0 Å². The van der Waals surface area contributed by atoms with Crippen molar-refractivity contribution in [1.82, 2.24) is 30.0 Å². The Morgan fingerprint density at radius 1 is 1.15 bits per heavy atom. The zero-order valence-electron chi connectivity index (χ0n) is 13.8. The first-order valence-electron chi connectivity index (χ1n) is 8.13. The van der Waals surface area contributed by atoms with Gasteiger partial charge in [-0.25, -0.2) is 19.6 Å². The van der Waals surface area contributed by atoms with Crippen molar-refractivity contribution >= 4 is 34.3 Å². The van der Waals surface area contributed by atoms with E-state index in [0.29, 0.717) is 25.5 Å². The number of halogens is 1. The van der Waals surface area contributed by atoms with Crippen molar-refractivity contribution in [2.75, 3.05) is 18.0 Å². The molecule has 1 aromatic carbocycles. The van der Waals surface area contributed by atoms with Gasteiger partial charge in [0.2, 0.25) is 5.91 Å². The number of nitrogens with zero attached hydrogens (tertiary/aromatic N) is 6. The molecule has 1 saturated heterocycles. The highest BCUT2D eigenvalue weighted by atomic mass is 127. The fourth-order valence-electron chi connectivity index (χ4n) is 2.73. The number of nitrogens with one attached hydrogen (secondary N) is 1. The second kappa shape index (κ2) is 7.36. The second-order valence-corrected chi connectivity index (χ2v) is 7.27. The first-order valence-corrected chi connectivity index (χ1v) is 9.21. The van der Waals surface area contributed by atoms with Crippen molar-refractivity contribution < 1.29 is 4.79 Å². The van der Waals surface area contributed by atoms with Crippen LogP contribution in [0.15, 0.2) is 49.3 Å². The quantitative estimate of drug-likeness (QED) is 0.579. The first kappa shape index (κ1) is 16.9. The number of carbonyl (C=O) groups excluding carboxylic acids is 1. The van der Waals surface area contributed by atoms with E-state index in [-0.39, 0.29) is 11.8 Å². The monoisotopic (exact) mass is 461 g/mol. The molecule has 1 aliphatic rings. The zero-order valence-corrected chi connectivity index (χ0v) is 15.9. The van der Waals surface area contributed by atoms with Crippen LogP contribution in [0.25, 0.3) is 5.82 Å². The van der Waals surface area contributed by atoms with E-state index < -0.39 is 0 Å². The molecule has 0 saturated carbocycles. The summed E-state index contributed by atoms with van der Waals surface area (Å²) >= 11 is 2.27. The van der Waals surface area contributed by atoms with Gasteiger partial charge in [0.25, 0.3) is 0 Å². The molecule has 2 aromatic heterocycles. The molecule has 132 valence electrons. The van der Waals surface area contributed by atoms with Gasteiger partial charge in [-0.05, 0) is 40.3 Å². The van der Waals surface area contributed by atoms with E-state index in [0.717, 1.165) is 11.4 Å². The van der Waals surface area contributed by atoms with Gasteiger partial charge in [-0.1, -0.05) is 12.1 Å². The van der Waals surface area contributed by atoms with Crippen LogP contribution in [0.3, 0.4) is 0 Å². The lowest BCUT2D eigenvalue weighted by Gasteiger charge is -2.39. The predicted molar refractivity (Wildman–Crippen MR) is 104 cm³/mol. The lowest BCUT2D eigenvalue weighted by atomic mass is 9.99. The van der Waals surface area contributed by atoms with Gasteiger partial charge in [0.15, 0.2) is 5.82 Å². The third-order valence-corrected chi connectivity index (χ3v) is 4.97. The number of benzene rings is 1. The van der Waals surface area contributed by atoms with Crippen molar-refractivity contribution in [1.29, 1.82) is 0 Å². The van der Waals surface area contributed by atoms with E-state index in [1.165, 1.54) is 16.2 Å². The molecule has 3 heterocycles. The first-order chi connectivity index (χ1) is 12.7. The van der Waals surface area contributed by atoms with Gasteiger partial charge in [-0.3, -0.25) is 4.79 Å². The summed E-state index contributed by atoms with van der Waals surface area (Å²) in [7, 11) is 0. The van der Waals surface area contributed by atoms with Crippen LogP contribution in [-0.4, -0.2) is 43.7 Å². The van der Waals surface area contributed by atoms with Crippen LogP contribution in [0.2, 0.25) is 0 Å². The lowest BCUT2D eigenvalue weighted by molar-refractivity contribution is -0.125. The minimum Gasteiger partial charge on any atom is -0.355 e. The molecule has 9 heteroatoms. The molecule has 0 spiro atoms. The molecule has 0 atom stereocenters. The average Bonchev–Trinajstić information content (AvgIpc) is 3.15. The average molecular weight is 461 g/mol. The Balaban J connectivity index is 1.31. The molecule has 0 unspecified atom stereocenters. The molecular weight excluding hydrogens is 445 g/mol. The van der Waals surface area contributed by atoms with E-state index >= 15 is 0 Å². The Bertz CT molecular complexity index is 892. The summed E-state index contributed by atoms with van der Waals surface area (Å²) in [6.45, 7) is 1.84. The standard InChI is InChI=1S/C17H16IN7O/c18-14-3-1-12(2-4-14)6-20-17(26)13-7-24(8-13)15-5-16(22-10-21-15)25-11-19-9-23-25/h1-5,9-11,13H,6-8H2,(H,20,26). The summed E-state index contributed by atoms with van der Waals surface area (Å²) in [5.41, 5.74) is 1.10. The normalized spacial score (nSPS) is 14.1. The Hall–Kier alpha value is -2.56. The largest absolute Gasteiger partial charge is 0.355 e. The zero-order chi connectivity index (χ0) is 17.9. The van der Waals surface area contributed by atoms with Crippen molar-refractivity contribution in [3.8, 4) is 5.82 Å². The van der Waals surface area contributed by atoms with E-state index in [1.807, 2.05) is 30.3 Å². The minimum absolute atomic E-state index is 0.0244. The fraction of sp³-hybridized carbons (Fsp3) is 0.235. The molecule has 8 nitrogen and oxygen atoms in total. The van der Waals surface area contributed by atoms with E-state index in [4.69, 9.17) is 0 Å². The van der Waals surface area contributed by atoms with Crippen molar-refractivity contribution in [3.63, 3.8) is 0 Å². The SMILES string of the molecule is O=C(NCc1ccc(I)cc1)C1CN(c2cc(-n3cncn3)ncn2)C1. The highest BCUT2D eigenvalue weighted by Gasteiger charge is 2.33. The molecule has 26 heavy (non-hydrogen) atoms. The van der Waals surface area contributed by atoms with Gasteiger partial charge < -0.3 is 10.2 Å². The fourth-order valence-corrected chi connectivity index (χ4v) is 3.09. The van der Waals surface area contributed by atoms with E-state index in [9.17, 15) is 4.79 Å². The van der Waals surface area contributed by atoms with Crippen LogP contribution < -0.4 is 10.2 Å². The topological polar surface area (TPSA) is 88.8 Å². The molecule has 0 aliphatic carbocycles. The Morgan fingerprint density at radius 3 is 2.65 bits per heavy atom. The Labute approximate surface area is 163 Å². The maximum atomic E-state index is 12.3. The van der Waals surface area contributed by atoms with Gasteiger partial charge in [0.05, 0.1) is 5.92 Å². The predicted octanol–water partition coefficient (Wildman–Crippen LogP) is 1.41. The number of hydrogen-bond donors (Lipinski definition) is 1. The highest BCUT2D eigenvalue weighted by molar-refractivity contribution is 14.1. The van der Waals surface area contributed by atoms with Crippen LogP contribution >= 0.6 is 22.6 Å². The smallest absolute Gasteiger partial charge is 0.226 e. The molecule has 3 aromatic rings. The maximum Gasteiger partial charge on any atom is 0.226 e. The van der Waals surface area contributed by atoms with Gasteiger partial charge in [-0.15, -0.1) is 0 Å². The number of rotatable bonds is 5. The van der Waals surface area contributed by atoms with E-state index in [2.05, 4.69) is 52.9 Å². The summed E-state index contributed by atoms with van der Waals surface area (Å²) in [5.74, 6) is 1.49. The number of aromatic nitrogens is 5. The van der Waals surface area contributed by atoms with Crippen molar-refractivity contribution in [3.05, 3.63) is 58.4 Å². The molecule has 4 rings (SSSR count). The Morgan fingerprint density at radius 2 is 1.92 bits per heavy atom. The Kier molecular flexibility index (Phi) is 4.78. The van der Waals surface area contributed by atoms with Gasteiger partial charge in [0, 0.05) is 29.3 Å². The molecule has 1 fully saturated rings. The molecule has 0 radical (unpaired) electrons. The summed E-state index contributed by atoms with van der Waals surface area (Å²) < 4.78 is 2.76. The van der Waals surface area contributed by atoms with Gasteiger partial charge >= 0.3 is 0 Å². The molecule has 1 amide bonds. The maximum absolute atomic E-state index is 12.3. The number of anilines is 1. The van der Waals surface area contributed by atoms with Gasteiger partial charge in [0.1, 0.15) is 24.8 Å². The minimum atomic E-state index is -0.0244.